The lowest BCUT2D eigenvalue weighted by Crippen LogP contribution is -2.51. The third kappa shape index (κ3) is 3.92. The summed E-state index contributed by atoms with van der Waals surface area (Å²) in [5.74, 6) is -1.19. The van der Waals surface area contributed by atoms with E-state index in [9.17, 15) is 19.3 Å². The normalized spacial score (nSPS) is 19.2. The topological polar surface area (TPSA) is 89.5 Å². The summed E-state index contributed by atoms with van der Waals surface area (Å²) in [4.78, 5) is 24.2. The highest BCUT2D eigenvalue weighted by molar-refractivity contribution is 5.95. The second-order valence-corrected chi connectivity index (χ2v) is 5.38. The number of piperidine rings is 1. The van der Waals surface area contributed by atoms with E-state index in [0.29, 0.717) is 6.54 Å². The van der Waals surface area contributed by atoms with E-state index in [0.717, 1.165) is 37.5 Å². The van der Waals surface area contributed by atoms with Gasteiger partial charge in [0.1, 0.15) is 5.82 Å². The highest BCUT2D eigenvalue weighted by atomic mass is 35.5. The van der Waals surface area contributed by atoms with Crippen molar-refractivity contribution < 1.29 is 14.1 Å². The number of rotatable bonds is 3. The van der Waals surface area contributed by atoms with Gasteiger partial charge in [0, 0.05) is 30.3 Å². The SMILES string of the molecule is CC(N)C1CCCCN1C(=O)c1cc(F)cc([N+](=O)[O-])c1.Cl. The van der Waals surface area contributed by atoms with Crippen molar-refractivity contribution in [3.8, 4) is 0 Å². The molecule has 1 aliphatic rings. The van der Waals surface area contributed by atoms with Crippen LogP contribution in [0.5, 0.6) is 0 Å². The van der Waals surface area contributed by atoms with E-state index in [2.05, 4.69) is 0 Å². The van der Waals surface area contributed by atoms with Gasteiger partial charge in [-0.2, -0.15) is 0 Å². The van der Waals surface area contributed by atoms with Gasteiger partial charge in [-0.05, 0) is 32.3 Å². The summed E-state index contributed by atoms with van der Waals surface area (Å²) in [6.45, 7) is 2.36. The molecule has 1 aromatic carbocycles. The zero-order chi connectivity index (χ0) is 15.6. The van der Waals surface area contributed by atoms with Crippen LogP contribution in [0.1, 0.15) is 36.5 Å². The first-order chi connectivity index (χ1) is 9.90. The number of benzene rings is 1. The van der Waals surface area contributed by atoms with E-state index < -0.39 is 22.3 Å². The van der Waals surface area contributed by atoms with Crippen molar-refractivity contribution in [2.45, 2.75) is 38.3 Å². The van der Waals surface area contributed by atoms with Crippen LogP contribution in [-0.4, -0.2) is 34.4 Å². The summed E-state index contributed by atoms with van der Waals surface area (Å²) in [6, 6.07) is 2.63. The highest BCUT2D eigenvalue weighted by Crippen LogP contribution is 2.23. The van der Waals surface area contributed by atoms with E-state index in [1.165, 1.54) is 0 Å². The summed E-state index contributed by atoms with van der Waals surface area (Å²) in [5, 5.41) is 10.8. The molecule has 2 atom stereocenters. The van der Waals surface area contributed by atoms with Crippen molar-refractivity contribution in [1.29, 1.82) is 0 Å². The Morgan fingerprint density at radius 1 is 1.45 bits per heavy atom. The minimum Gasteiger partial charge on any atom is -0.334 e. The predicted molar refractivity (Wildman–Crippen MR) is 82.6 cm³/mol. The summed E-state index contributed by atoms with van der Waals surface area (Å²) in [6.07, 6.45) is 2.63. The van der Waals surface area contributed by atoms with Gasteiger partial charge < -0.3 is 10.6 Å². The predicted octanol–water partition coefficient (Wildman–Crippen LogP) is 2.50. The van der Waals surface area contributed by atoms with Gasteiger partial charge in [0.2, 0.25) is 0 Å². The molecule has 2 N–H and O–H groups in total. The van der Waals surface area contributed by atoms with Gasteiger partial charge in [0.25, 0.3) is 11.6 Å². The Balaban J connectivity index is 0.00000242. The van der Waals surface area contributed by atoms with Crippen LogP contribution in [0.3, 0.4) is 0 Å². The minimum atomic E-state index is -0.790. The molecule has 1 amide bonds. The molecule has 6 nitrogen and oxygen atoms in total. The average Bonchev–Trinajstić information content (AvgIpc) is 2.45. The molecule has 2 unspecified atom stereocenters. The zero-order valence-electron chi connectivity index (χ0n) is 12.2. The van der Waals surface area contributed by atoms with E-state index >= 15 is 0 Å². The first kappa shape index (κ1) is 18.3. The van der Waals surface area contributed by atoms with Crippen molar-refractivity contribution in [2.24, 2.45) is 5.73 Å². The summed E-state index contributed by atoms with van der Waals surface area (Å²) >= 11 is 0. The molecule has 1 saturated heterocycles. The average molecular weight is 332 g/mol. The van der Waals surface area contributed by atoms with Crippen LogP contribution in [0.15, 0.2) is 18.2 Å². The highest BCUT2D eigenvalue weighted by Gasteiger charge is 2.30. The Labute approximate surface area is 134 Å². The lowest BCUT2D eigenvalue weighted by molar-refractivity contribution is -0.385. The van der Waals surface area contributed by atoms with E-state index in [1.807, 2.05) is 6.92 Å². The molecule has 1 aliphatic heterocycles. The maximum Gasteiger partial charge on any atom is 0.273 e. The number of nitro groups is 1. The van der Waals surface area contributed by atoms with Gasteiger partial charge in [0.05, 0.1) is 11.0 Å². The molecule has 0 radical (unpaired) electrons. The second kappa shape index (κ2) is 7.51. The van der Waals surface area contributed by atoms with Gasteiger partial charge in [-0.3, -0.25) is 14.9 Å². The molecule has 8 heteroatoms. The molecule has 1 fully saturated rings. The smallest absolute Gasteiger partial charge is 0.273 e. The van der Waals surface area contributed by atoms with E-state index in [4.69, 9.17) is 5.73 Å². The Morgan fingerprint density at radius 2 is 2.14 bits per heavy atom. The lowest BCUT2D eigenvalue weighted by atomic mass is 9.96. The quantitative estimate of drug-likeness (QED) is 0.680. The van der Waals surface area contributed by atoms with Gasteiger partial charge in [0.15, 0.2) is 0 Å². The standard InChI is InChI=1S/C14H18FN3O3.ClH/c1-9(16)13-4-2-3-5-17(13)14(19)10-6-11(15)8-12(7-10)18(20)21;/h6-9,13H,2-5,16H2,1H3;1H. The molecule has 1 aromatic rings. The lowest BCUT2D eigenvalue weighted by Gasteiger charge is -2.38. The number of hydrogen-bond acceptors (Lipinski definition) is 4. The molecule has 0 saturated carbocycles. The second-order valence-electron chi connectivity index (χ2n) is 5.38. The number of likely N-dealkylation sites (tertiary alicyclic amines) is 1. The number of hydrogen-bond donors (Lipinski definition) is 1. The summed E-state index contributed by atoms with van der Waals surface area (Å²) in [5.41, 5.74) is 5.48. The fourth-order valence-corrected chi connectivity index (χ4v) is 2.73. The first-order valence-electron chi connectivity index (χ1n) is 6.91. The molecular formula is C14H19ClFN3O3. The fraction of sp³-hybridized carbons (Fsp3) is 0.500. The van der Waals surface area contributed by atoms with Crippen LogP contribution >= 0.6 is 12.4 Å². The monoisotopic (exact) mass is 331 g/mol. The van der Waals surface area contributed by atoms with Crippen LogP contribution in [0.2, 0.25) is 0 Å². The summed E-state index contributed by atoms with van der Waals surface area (Å²) in [7, 11) is 0. The molecule has 2 rings (SSSR count). The van der Waals surface area contributed by atoms with Crippen LogP contribution < -0.4 is 5.73 Å². The Hall–Kier alpha value is -1.73. The molecule has 22 heavy (non-hydrogen) atoms. The minimum absolute atomic E-state index is 0. The van der Waals surface area contributed by atoms with Crippen molar-refractivity contribution in [1.82, 2.24) is 4.90 Å². The number of carbonyl (C=O) groups is 1. The third-order valence-corrected chi connectivity index (χ3v) is 3.76. The van der Waals surface area contributed by atoms with Crippen molar-refractivity contribution in [3.05, 3.63) is 39.7 Å². The zero-order valence-corrected chi connectivity index (χ0v) is 13.0. The van der Waals surface area contributed by atoms with E-state index in [1.54, 1.807) is 4.90 Å². The molecule has 122 valence electrons. The Bertz CT molecular complexity index is 568. The Kier molecular flexibility index (Phi) is 6.25. The molecule has 0 aromatic heterocycles. The van der Waals surface area contributed by atoms with Crippen LogP contribution in [0.4, 0.5) is 10.1 Å². The molecule has 1 heterocycles. The van der Waals surface area contributed by atoms with Gasteiger partial charge in [-0.1, -0.05) is 0 Å². The molecule has 0 aliphatic carbocycles. The third-order valence-electron chi connectivity index (χ3n) is 3.76. The Morgan fingerprint density at radius 3 is 2.73 bits per heavy atom. The van der Waals surface area contributed by atoms with E-state index in [-0.39, 0.29) is 30.1 Å². The number of nitrogens with zero attached hydrogens (tertiary/aromatic N) is 2. The number of nitrogens with two attached hydrogens (primary N) is 1. The largest absolute Gasteiger partial charge is 0.334 e. The number of carbonyl (C=O) groups excluding carboxylic acids is 1. The number of amides is 1. The maximum absolute atomic E-state index is 13.5. The van der Waals surface area contributed by atoms with Gasteiger partial charge in [-0.15, -0.1) is 12.4 Å². The van der Waals surface area contributed by atoms with Crippen molar-refractivity contribution >= 4 is 24.0 Å². The first-order valence-corrected chi connectivity index (χ1v) is 6.91. The van der Waals surface area contributed by atoms with Gasteiger partial charge in [-0.25, -0.2) is 4.39 Å². The summed E-state index contributed by atoms with van der Waals surface area (Å²) < 4.78 is 13.5. The van der Waals surface area contributed by atoms with Crippen LogP contribution in [0.25, 0.3) is 0 Å². The molecule has 0 bridgehead atoms. The number of halogens is 2. The van der Waals surface area contributed by atoms with Crippen LogP contribution in [0, 0.1) is 15.9 Å². The fourth-order valence-electron chi connectivity index (χ4n) is 2.73. The number of nitro benzene ring substituents is 1. The molecule has 0 spiro atoms. The molecular weight excluding hydrogens is 313 g/mol. The van der Waals surface area contributed by atoms with Crippen molar-refractivity contribution in [3.63, 3.8) is 0 Å². The van der Waals surface area contributed by atoms with Crippen molar-refractivity contribution in [2.75, 3.05) is 6.54 Å². The maximum atomic E-state index is 13.5. The van der Waals surface area contributed by atoms with Crippen LogP contribution in [-0.2, 0) is 0 Å². The van der Waals surface area contributed by atoms with Gasteiger partial charge >= 0.3 is 0 Å². The number of non-ortho nitro benzene ring substituents is 1.